The molecule has 1 heterocycles. The van der Waals surface area contributed by atoms with Crippen molar-refractivity contribution in [2.75, 3.05) is 0 Å². The summed E-state index contributed by atoms with van der Waals surface area (Å²) in [5.41, 5.74) is 5.69. The lowest BCUT2D eigenvalue weighted by atomic mass is 10.1. The summed E-state index contributed by atoms with van der Waals surface area (Å²) < 4.78 is 0. The van der Waals surface area contributed by atoms with Gasteiger partial charge in [0.25, 0.3) is 0 Å². The molecule has 5 nitrogen and oxygen atoms in total. The number of rotatable bonds is 4. The number of amidine groups is 1. The van der Waals surface area contributed by atoms with Gasteiger partial charge in [0, 0.05) is 23.1 Å². The van der Waals surface area contributed by atoms with Gasteiger partial charge in [-0.25, -0.2) is 0 Å². The summed E-state index contributed by atoms with van der Waals surface area (Å²) in [7, 11) is 0. The van der Waals surface area contributed by atoms with E-state index in [1.807, 2.05) is 54.6 Å². The van der Waals surface area contributed by atoms with Crippen molar-refractivity contribution >= 4 is 34.3 Å². The number of amides is 1. The zero-order valence-electron chi connectivity index (χ0n) is 15.9. The summed E-state index contributed by atoms with van der Waals surface area (Å²) in [5, 5.41) is 11.5. The topological polar surface area (TPSA) is 70.9 Å². The molecule has 1 unspecified atom stereocenters. The van der Waals surface area contributed by atoms with Crippen molar-refractivity contribution in [1.82, 2.24) is 5.32 Å². The average Bonchev–Trinajstić information content (AvgIpc) is 3.30. The number of nitrogens with one attached hydrogen (secondary N) is 1. The molecule has 30 heavy (non-hydrogen) atoms. The number of thioether (sulfide) groups is 1. The van der Waals surface area contributed by atoms with Crippen LogP contribution in [0.3, 0.4) is 0 Å². The third kappa shape index (κ3) is 3.35. The van der Waals surface area contributed by atoms with Crippen molar-refractivity contribution < 1.29 is 9.59 Å². The molecule has 1 atom stereocenters. The molecule has 1 amide bonds. The monoisotopic (exact) mass is 411 g/mol. The van der Waals surface area contributed by atoms with Crippen LogP contribution >= 0.6 is 11.8 Å². The first-order chi connectivity index (χ1) is 14.7. The fourth-order valence-corrected chi connectivity index (χ4v) is 4.61. The number of hydrogen-bond acceptors (Lipinski definition) is 5. The molecule has 1 aliphatic carbocycles. The third-order valence-electron chi connectivity index (χ3n) is 5.14. The van der Waals surface area contributed by atoms with Crippen LogP contribution in [0.5, 0.6) is 0 Å². The Morgan fingerprint density at radius 1 is 0.800 bits per heavy atom. The Labute approximate surface area is 177 Å². The maximum absolute atomic E-state index is 12.4. The van der Waals surface area contributed by atoms with E-state index in [4.69, 9.17) is 0 Å². The molecule has 1 aliphatic heterocycles. The summed E-state index contributed by atoms with van der Waals surface area (Å²) in [6.07, 6.45) is 0.127. The Kier molecular flexibility index (Phi) is 4.77. The van der Waals surface area contributed by atoms with Gasteiger partial charge in [0.05, 0.1) is 5.25 Å². The van der Waals surface area contributed by atoms with E-state index in [1.54, 1.807) is 12.1 Å². The van der Waals surface area contributed by atoms with Gasteiger partial charge in [0.15, 0.2) is 11.0 Å². The van der Waals surface area contributed by atoms with Gasteiger partial charge < -0.3 is 5.32 Å². The minimum absolute atomic E-state index is 0.0607. The van der Waals surface area contributed by atoms with Gasteiger partial charge in [0.1, 0.15) is 5.71 Å². The summed E-state index contributed by atoms with van der Waals surface area (Å²) >= 11 is 1.25. The van der Waals surface area contributed by atoms with Crippen LogP contribution in [0.4, 0.5) is 0 Å². The lowest BCUT2D eigenvalue weighted by Gasteiger charge is -2.04. The second-order valence-corrected chi connectivity index (χ2v) is 8.23. The fraction of sp³-hybridized carbons (Fsp3) is 0.0833. The second-order valence-electron chi connectivity index (χ2n) is 7.03. The molecule has 0 saturated carbocycles. The van der Waals surface area contributed by atoms with E-state index in [9.17, 15) is 9.59 Å². The number of hydrogen-bond donors (Lipinski definition) is 1. The number of ketones is 1. The highest BCUT2D eigenvalue weighted by atomic mass is 32.2. The first-order valence-electron chi connectivity index (χ1n) is 9.61. The Hall–Kier alpha value is -3.51. The zero-order valence-corrected chi connectivity index (χ0v) is 16.7. The minimum atomic E-state index is -0.500. The molecule has 0 radical (unpaired) electrons. The largest absolute Gasteiger partial charge is 0.303 e. The highest BCUT2D eigenvalue weighted by Crippen LogP contribution is 2.36. The number of benzene rings is 3. The van der Waals surface area contributed by atoms with Crippen molar-refractivity contribution in [2.24, 2.45) is 10.2 Å². The van der Waals surface area contributed by atoms with E-state index in [1.165, 1.54) is 11.8 Å². The van der Waals surface area contributed by atoms with Crippen LogP contribution in [0.2, 0.25) is 0 Å². The molecule has 1 fully saturated rings. The van der Waals surface area contributed by atoms with Gasteiger partial charge in [-0.1, -0.05) is 90.6 Å². The molecule has 6 heteroatoms. The predicted molar refractivity (Wildman–Crippen MR) is 120 cm³/mol. The SMILES string of the molecule is O=C(CC1S/C(=N/N=C2c3ccccc3-c3ccccc32)NC1=O)c1ccccc1. The van der Waals surface area contributed by atoms with Crippen LogP contribution < -0.4 is 5.32 Å². The number of carbonyl (C=O) groups is 2. The summed E-state index contributed by atoms with van der Waals surface area (Å²) in [6, 6.07) is 25.2. The summed E-state index contributed by atoms with van der Waals surface area (Å²) in [5.74, 6) is -0.273. The van der Waals surface area contributed by atoms with Gasteiger partial charge in [-0.3, -0.25) is 9.59 Å². The first-order valence-corrected chi connectivity index (χ1v) is 10.5. The van der Waals surface area contributed by atoms with Crippen LogP contribution in [-0.2, 0) is 4.79 Å². The molecule has 2 aliphatic rings. The quantitative estimate of drug-likeness (QED) is 0.402. The standard InChI is InChI=1S/C24H17N3O2S/c28-20(15-8-2-1-3-9-15)14-21-23(29)25-24(30-21)27-26-22-18-12-6-4-10-16(18)17-11-5-7-13-19(17)22/h1-13,21H,14H2,(H,25,27,29). The number of fused-ring (bicyclic) bond motifs is 3. The van der Waals surface area contributed by atoms with Crippen molar-refractivity contribution in [3.8, 4) is 11.1 Å². The number of carbonyl (C=O) groups excluding carboxylic acids is 2. The van der Waals surface area contributed by atoms with Crippen molar-refractivity contribution in [3.63, 3.8) is 0 Å². The molecule has 0 spiro atoms. The van der Waals surface area contributed by atoms with Gasteiger partial charge in [-0.2, -0.15) is 0 Å². The van der Waals surface area contributed by atoms with Crippen LogP contribution in [0.25, 0.3) is 11.1 Å². The second kappa shape index (κ2) is 7.72. The predicted octanol–water partition coefficient (Wildman–Crippen LogP) is 4.28. The summed E-state index contributed by atoms with van der Waals surface area (Å²) in [6.45, 7) is 0. The Morgan fingerprint density at radius 2 is 1.37 bits per heavy atom. The number of Topliss-reactive ketones (excluding diaryl/α,β-unsaturated/α-hetero) is 1. The lowest BCUT2D eigenvalue weighted by Crippen LogP contribution is -2.26. The number of nitrogens with zero attached hydrogens (tertiary/aromatic N) is 2. The van der Waals surface area contributed by atoms with Gasteiger partial charge >= 0.3 is 0 Å². The van der Waals surface area contributed by atoms with E-state index in [0.29, 0.717) is 10.7 Å². The molecule has 1 saturated heterocycles. The Balaban J connectivity index is 1.38. The molecule has 3 aromatic carbocycles. The zero-order chi connectivity index (χ0) is 20.5. The van der Waals surface area contributed by atoms with Gasteiger partial charge in [-0.05, 0) is 11.1 Å². The van der Waals surface area contributed by atoms with E-state index < -0.39 is 5.25 Å². The molecule has 0 aromatic heterocycles. The van der Waals surface area contributed by atoms with Crippen molar-refractivity contribution in [1.29, 1.82) is 0 Å². The van der Waals surface area contributed by atoms with Gasteiger partial charge in [-0.15, -0.1) is 10.2 Å². The van der Waals surface area contributed by atoms with Crippen LogP contribution in [0, 0.1) is 0 Å². The maximum Gasteiger partial charge on any atom is 0.240 e. The van der Waals surface area contributed by atoms with E-state index in [-0.39, 0.29) is 18.1 Å². The highest BCUT2D eigenvalue weighted by molar-refractivity contribution is 8.15. The molecular formula is C24H17N3O2S. The van der Waals surface area contributed by atoms with Gasteiger partial charge in [0.2, 0.25) is 5.91 Å². The first kappa shape index (κ1) is 18.5. The van der Waals surface area contributed by atoms with E-state index >= 15 is 0 Å². The van der Waals surface area contributed by atoms with E-state index in [2.05, 4.69) is 27.7 Å². The minimum Gasteiger partial charge on any atom is -0.303 e. The molecule has 5 rings (SSSR count). The summed E-state index contributed by atoms with van der Waals surface area (Å²) in [4.78, 5) is 24.8. The molecule has 146 valence electrons. The highest BCUT2D eigenvalue weighted by Gasteiger charge is 2.32. The normalized spacial score (nSPS) is 18.1. The third-order valence-corrected chi connectivity index (χ3v) is 6.21. The molecule has 0 bridgehead atoms. The van der Waals surface area contributed by atoms with Crippen LogP contribution in [0.1, 0.15) is 27.9 Å². The van der Waals surface area contributed by atoms with Crippen LogP contribution in [0.15, 0.2) is 89.1 Å². The van der Waals surface area contributed by atoms with Crippen LogP contribution in [-0.4, -0.2) is 27.8 Å². The van der Waals surface area contributed by atoms with E-state index in [0.717, 1.165) is 28.0 Å². The fourth-order valence-electron chi connectivity index (χ4n) is 3.69. The average molecular weight is 411 g/mol. The smallest absolute Gasteiger partial charge is 0.240 e. The lowest BCUT2D eigenvalue weighted by molar-refractivity contribution is -0.118. The molecular weight excluding hydrogens is 394 g/mol. The molecule has 1 N–H and O–H groups in total. The molecule has 3 aromatic rings. The maximum atomic E-state index is 12.4. The van der Waals surface area contributed by atoms with Crippen molar-refractivity contribution in [2.45, 2.75) is 11.7 Å². The Morgan fingerprint density at radius 3 is 2.00 bits per heavy atom. The Bertz CT molecular complexity index is 1170. The van der Waals surface area contributed by atoms with Crippen molar-refractivity contribution in [3.05, 3.63) is 95.6 Å².